The molecule has 0 bridgehead atoms. The Bertz CT molecular complexity index is 245. The molecule has 2 heterocycles. The van der Waals surface area contributed by atoms with E-state index in [0.29, 0.717) is 5.92 Å². The van der Waals surface area contributed by atoms with Gasteiger partial charge < -0.3 is 14.9 Å². The molecule has 0 aromatic rings. The van der Waals surface area contributed by atoms with Crippen molar-refractivity contribution in [3.63, 3.8) is 0 Å². The van der Waals surface area contributed by atoms with E-state index in [1.807, 2.05) is 6.92 Å². The predicted octanol–water partition coefficient (Wildman–Crippen LogP) is 0.735. The molecule has 0 aliphatic carbocycles. The van der Waals surface area contributed by atoms with Crippen molar-refractivity contribution >= 4 is 5.97 Å². The van der Waals surface area contributed by atoms with Crippen LogP contribution in [0.3, 0.4) is 0 Å². The third-order valence-electron chi connectivity index (χ3n) is 4.01. The molecule has 0 spiro atoms. The summed E-state index contributed by atoms with van der Waals surface area (Å²) in [5.74, 6) is -0.455. The summed E-state index contributed by atoms with van der Waals surface area (Å²) in [6, 6.07) is 0. The fraction of sp³-hybridized carbons (Fsp3) is 0.917. The predicted molar refractivity (Wildman–Crippen MR) is 62.4 cm³/mol. The second-order valence-electron chi connectivity index (χ2n) is 5.20. The van der Waals surface area contributed by atoms with Gasteiger partial charge >= 0.3 is 5.97 Å². The Hall–Kier alpha value is -0.610. The average Bonchev–Trinajstić information content (AvgIpc) is 2.67. The van der Waals surface area contributed by atoms with Crippen molar-refractivity contribution < 1.29 is 9.90 Å². The fourth-order valence-electron chi connectivity index (χ4n) is 2.60. The van der Waals surface area contributed by atoms with Gasteiger partial charge in [-0.25, -0.2) is 0 Å². The van der Waals surface area contributed by atoms with E-state index in [0.717, 1.165) is 26.2 Å². The molecule has 92 valence electrons. The Kier molecular flexibility index (Phi) is 3.82. The third kappa shape index (κ3) is 2.74. The second kappa shape index (κ2) is 5.15. The highest BCUT2D eigenvalue weighted by molar-refractivity contribution is 5.70. The minimum Gasteiger partial charge on any atom is -0.481 e. The van der Waals surface area contributed by atoms with E-state index in [9.17, 15) is 4.79 Å². The minimum absolute atomic E-state index is 0.178. The van der Waals surface area contributed by atoms with E-state index >= 15 is 0 Å². The number of hydrogen-bond acceptors (Lipinski definition) is 3. The molecule has 1 N–H and O–H groups in total. The Labute approximate surface area is 97.2 Å². The van der Waals surface area contributed by atoms with E-state index in [-0.39, 0.29) is 5.92 Å². The van der Waals surface area contributed by atoms with Crippen LogP contribution in [0.25, 0.3) is 0 Å². The zero-order valence-electron chi connectivity index (χ0n) is 10.1. The monoisotopic (exact) mass is 226 g/mol. The highest BCUT2D eigenvalue weighted by atomic mass is 16.4. The lowest BCUT2D eigenvalue weighted by Crippen LogP contribution is -2.52. The fourth-order valence-corrected chi connectivity index (χ4v) is 2.60. The highest BCUT2D eigenvalue weighted by Crippen LogP contribution is 2.23. The molecule has 1 atom stereocenters. The van der Waals surface area contributed by atoms with Crippen LogP contribution in [-0.4, -0.2) is 60.1 Å². The molecule has 4 heteroatoms. The van der Waals surface area contributed by atoms with Crippen molar-refractivity contribution in [3.8, 4) is 0 Å². The molecule has 2 saturated heterocycles. The normalized spacial score (nSPS) is 25.6. The van der Waals surface area contributed by atoms with Crippen LogP contribution >= 0.6 is 0 Å². The molecule has 2 rings (SSSR count). The molecule has 0 aromatic heterocycles. The summed E-state index contributed by atoms with van der Waals surface area (Å²) in [6.07, 6.45) is 2.69. The Morgan fingerprint density at radius 1 is 1.25 bits per heavy atom. The lowest BCUT2D eigenvalue weighted by atomic mass is 9.87. The van der Waals surface area contributed by atoms with Gasteiger partial charge in [0.2, 0.25) is 0 Å². The van der Waals surface area contributed by atoms with Crippen LogP contribution in [0.5, 0.6) is 0 Å². The summed E-state index contributed by atoms with van der Waals surface area (Å²) in [6.45, 7) is 8.55. The van der Waals surface area contributed by atoms with Gasteiger partial charge in [-0.2, -0.15) is 0 Å². The number of carbonyl (C=O) groups is 1. The van der Waals surface area contributed by atoms with E-state index in [1.165, 1.54) is 25.9 Å². The van der Waals surface area contributed by atoms with Crippen molar-refractivity contribution in [2.75, 3.05) is 39.3 Å². The molecular weight excluding hydrogens is 204 g/mol. The first kappa shape index (κ1) is 11.9. The van der Waals surface area contributed by atoms with Crippen molar-refractivity contribution in [2.24, 2.45) is 11.8 Å². The number of aliphatic carboxylic acids is 1. The van der Waals surface area contributed by atoms with Gasteiger partial charge in [0, 0.05) is 26.2 Å². The van der Waals surface area contributed by atoms with Crippen molar-refractivity contribution in [1.82, 2.24) is 9.80 Å². The Morgan fingerprint density at radius 3 is 2.38 bits per heavy atom. The maximum atomic E-state index is 10.8. The molecule has 1 unspecified atom stereocenters. The van der Waals surface area contributed by atoms with Crippen LogP contribution in [-0.2, 0) is 4.79 Å². The largest absolute Gasteiger partial charge is 0.481 e. The number of likely N-dealkylation sites (tertiary alicyclic amines) is 2. The van der Waals surface area contributed by atoms with Gasteiger partial charge in [-0.3, -0.25) is 4.79 Å². The summed E-state index contributed by atoms with van der Waals surface area (Å²) in [4.78, 5) is 15.7. The van der Waals surface area contributed by atoms with E-state index in [1.54, 1.807) is 0 Å². The van der Waals surface area contributed by atoms with Gasteiger partial charge in [0.15, 0.2) is 0 Å². The third-order valence-corrected chi connectivity index (χ3v) is 4.01. The van der Waals surface area contributed by atoms with E-state index in [4.69, 9.17) is 5.11 Å². The van der Waals surface area contributed by atoms with Gasteiger partial charge in [0.05, 0.1) is 5.92 Å². The summed E-state index contributed by atoms with van der Waals surface area (Å²) in [5, 5.41) is 8.88. The molecule has 0 saturated carbocycles. The molecule has 2 fully saturated rings. The number of nitrogens with zero attached hydrogens (tertiary/aromatic N) is 2. The lowest BCUT2D eigenvalue weighted by molar-refractivity contribution is -0.145. The second-order valence-corrected chi connectivity index (χ2v) is 5.20. The molecule has 0 aromatic carbocycles. The van der Waals surface area contributed by atoms with Gasteiger partial charge in [-0.05, 0) is 31.8 Å². The molecule has 0 amide bonds. The van der Waals surface area contributed by atoms with Crippen LogP contribution in [0.1, 0.15) is 19.8 Å². The summed E-state index contributed by atoms with van der Waals surface area (Å²) < 4.78 is 0. The maximum Gasteiger partial charge on any atom is 0.306 e. The molecule has 2 aliphatic rings. The molecule has 16 heavy (non-hydrogen) atoms. The van der Waals surface area contributed by atoms with Crippen molar-refractivity contribution in [3.05, 3.63) is 0 Å². The first-order valence-corrected chi connectivity index (χ1v) is 6.34. The molecule has 4 nitrogen and oxygen atoms in total. The van der Waals surface area contributed by atoms with Crippen LogP contribution in [0.15, 0.2) is 0 Å². The zero-order chi connectivity index (χ0) is 11.5. The van der Waals surface area contributed by atoms with Crippen LogP contribution < -0.4 is 0 Å². The first-order valence-electron chi connectivity index (χ1n) is 6.34. The van der Waals surface area contributed by atoms with Gasteiger partial charge in [-0.1, -0.05) is 6.92 Å². The summed E-state index contributed by atoms with van der Waals surface area (Å²) in [5.41, 5.74) is 0. The van der Waals surface area contributed by atoms with Crippen molar-refractivity contribution in [2.45, 2.75) is 19.8 Å². The topological polar surface area (TPSA) is 43.8 Å². The number of carboxylic acids is 1. The zero-order valence-corrected chi connectivity index (χ0v) is 10.1. The van der Waals surface area contributed by atoms with Gasteiger partial charge in [0.25, 0.3) is 0 Å². The SMILES string of the molecule is CC(C(=O)O)C1CN(CCN2CCCC2)C1. The standard InChI is InChI=1S/C12H22N2O2/c1-10(12(15)16)11-8-14(9-11)7-6-13-4-2-3-5-13/h10-11H,2-9H2,1H3,(H,15,16). The smallest absolute Gasteiger partial charge is 0.306 e. The summed E-state index contributed by atoms with van der Waals surface area (Å²) >= 11 is 0. The maximum absolute atomic E-state index is 10.8. The van der Waals surface area contributed by atoms with Crippen LogP contribution in [0.4, 0.5) is 0 Å². The van der Waals surface area contributed by atoms with Crippen molar-refractivity contribution in [1.29, 1.82) is 0 Å². The molecule has 0 radical (unpaired) electrons. The quantitative estimate of drug-likeness (QED) is 0.751. The molecule has 2 aliphatic heterocycles. The van der Waals surface area contributed by atoms with Gasteiger partial charge in [-0.15, -0.1) is 0 Å². The van der Waals surface area contributed by atoms with Crippen LogP contribution in [0.2, 0.25) is 0 Å². The Morgan fingerprint density at radius 2 is 1.81 bits per heavy atom. The van der Waals surface area contributed by atoms with E-state index in [2.05, 4.69) is 9.80 Å². The van der Waals surface area contributed by atoms with Gasteiger partial charge in [0.1, 0.15) is 0 Å². The van der Waals surface area contributed by atoms with E-state index < -0.39 is 5.97 Å². The summed E-state index contributed by atoms with van der Waals surface area (Å²) in [7, 11) is 0. The first-order chi connectivity index (χ1) is 7.66. The average molecular weight is 226 g/mol. The Balaban J connectivity index is 1.59. The minimum atomic E-state index is -0.649. The molecular formula is C12H22N2O2. The number of hydrogen-bond donors (Lipinski definition) is 1. The highest BCUT2D eigenvalue weighted by Gasteiger charge is 2.34. The number of rotatable bonds is 5. The lowest BCUT2D eigenvalue weighted by Gasteiger charge is -2.41. The van der Waals surface area contributed by atoms with Crippen LogP contribution in [0, 0.1) is 11.8 Å². The number of carboxylic acid groups (broad SMARTS) is 1.